The van der Waals surface area contributed by atoms with E-state index < -0.39 is 29.9 Å². The van der Waals surface area contributed by atoms with E-state index in [0.29, 0.717) is 13.0 Å². The molecule has 2 aliphatic rings. The summed E-state index contributed by atoms with van der Waals surface area (Å²) < 4.78 is 28.2. The van der Waals surface area contributed by atoms with Crippen molar-refractivity contribution in [3.8, 4) is 0 Å². The van der Waals surface area contributed by atoms with Gasteiger partial charge in [-0.05, 0) is 18.8 Å². The number of hydrogen-bond donors (Lipinski definition) is 2. The van der Waals surface area contributed by atoms with Crippen molar-refractivity contribution in [3.05, 3.63) is 35.9 Å². The Balaban J connectivity index is 1.62. The van der Waals surface area contributed by atoms with E-state index in [4.69, 9.17) is 0 Å². The van der Waals surface area contributed by atoms with Crippen LogP contribution in [0.25, 0.3) is 0 Å². The molecule has 1 saturated carbocycles. The van der Waals surface area contributed by atoms with Crippen LogP contribution in [0.5, 0.6) is 0 Å². The number of carbonyl (C=O) groups is 2. The number of rotatable bonds is 4. The van der Waals surface area contributed by atoms with Gasteiger partial charge in [-0.15, -0.1) is 0 Å². The summed E-state index contributed by atoms with van der Waals surface area (Å²) in [6, 6.07) is 6.68. The van der Waals surface area contributed by atoms with E-state index in [-0.39, 0.29) is 18.0 Å². The van der Waals surface area contributed by atoms with Crippen LogP contribution < -0.4 is 5.32 Å². The molecule has 2 N–H and O–H groups in total. The first-order chi connectivity index (χ1) is 11.3. The molecule has 1 aliphatic carbocycles. The molecule has 0 bridgehead atoms. The molecule has 0 unspecified atom stereocenters. The second kappa shape index (κ2) is 6.03. The van der Waals surface area contributed by atoms with Crippen molar-refractivity contribution in [1.82, 2.24) is 10.2 Å². The number of urea groups is 1. The minimum Gasteiger partial charge on any atom is -0.481 e. The van der Waals surface area contributed by atoms with E-state index in [1.54, 1.807) is 6.07 Å². The van der Waals surface area contributed by atoms with E-state index in [2.05, 4.69) is 5.32 Å². The van der Waals surface area contributed by atoms with Gasteiger partial charge in [-0.2, -0.15) is 8.78 Å². The molecule has 2 fully saturated rings. The summed E-state index contributed by atoms with van der Waals surface area (Å²) in [6.07, 6.45) is 2.13. The van der Waals surface area contributed by atoms with Crippen LogP contribution in [0, 0.1) is 11.3 Å². The van der Waals surface area contributed by atoms with Gasteiger partial charge in [0.25, 0.3) is 5.92 Å². The van der Waals surface area contributed by atoms with Crippen LogP contribution in [0.2, 0.25) is 0 Å². The Morgan fingerprint density at radius 1 is 1.33 bits per heavy atom. The summed E-state index contributed by atoms with van der Waals surface area (Å²) in [5.74, 6) is -4.15. The molecule has 1 aromatic rings. The van der Waals surface area contributed by atoms with E-state index in [1.165, 1.54) is 29.2 Å². The molecule has 1 heterocycles. The van der Waals surface area contributed by atoms with Gasteiger partial charge in [-0.3, -0.25) is 4.79 Å². The van der Waals surface area contributed by atoms with Gasteiger partial charge < -0.3 is 15.3 Å². The lowest BCUT2D eigenvalue weighted by Crippen LogP contribution is -2.44. The van der Waals surface area contributed by atoms with Gasteiger partial charge in [-0.25, -0.2) is 4.79 Å². The van der Waals surface area contributed by atoms with E-state index >= 15 is 0 Å². The lowest BCUT2D eigenvalue weighted by Gasteiger charge is -2.24. The molecule has 130 valence electrons. The number of carboxylic acids is 1. The van der Waals surface area contributed by atoms with Crippen LogP contribution in [-0.4, -0.2) is 41.6 Å². The minimum atomic E-state index is -3.17. The Bertz CT molecular complexity index is 638. The van der Waals surface area contributed by atoms with Crippen molar-refractivity contribution in [2.24, 2.45) is 11.3 Å². The highest BCUT2D eigenvalue weighted by atomic mass is 19.3. The highest BCUT2D eigenvalue weighted by Gasteiger charge is 2.55. The Hall–Kier alpha value is -2.18. The molecular formula is C17H20F2N2O3. The van der Waals surface area contributed by atoms with Crippen LogP contribution in [-0.2, 0) is 10.7 Å². The van der Waals surface area contributed by atoms with Crippen molar-refractivity contribution >= 4 is 12.0 Å². The molecule has 0 spiro atoms. The molecule has 7 heteroatoms. The second-order valence-corrected chi connectivity index (χ2v) is 6.66. The predicted octanol–water partition coefficient (Wildman–Crippen LogP) is 2.67. The van der Waals surface area contributed by atoms with Gasteiger partial charge >= 0.3 is 12.0 Å². The van der Waals surface area contributed by atoms with Gasteiger partial charge in [-0.1, -0.05) is 36.8 Å². The fourth-order valence-corrected chi connectivity index (χ4v) is 3.88. The number of halogens is 2. The van der Waals surface area contributed by atoms with Gasteiger partial charge in [0, 0.05) is 18.7 Å². The van der Waals surface area contributed by atoms with Crippen molar-refractivity contribution in [2.75, 3.05) is 19.6 Å². The number of aliphatic carboxylic acids is 1. The lowest BCUT2D eigenvalue weighted by molar-refractivity contribution is -0.149. The topological polar surface area (TPSA) is 69.6 Å². The summed E-state index contributed by atoms with van der Waals surface area (Å²) in [4.78, 5) is 25.2. The third-order valence-electron chi connectivity index (χ3n) is 5.24. The van der Waals surface area contributed by atoms with Crippen LogP contribution in [0.4, 0.5) is 13.6 Å². The largest absolute Gasteiger partial charge is 0.481 e. The molecule has 24 heavy (non-hydrogen) atoms. The number of hydrogen-bond acceptors (Lipinski definition) is 2. The quantitative estimate of drug-likeness (QED) is 0.887. The summed E-state index contributed by atoms with van der Waals surface area (Å²) in [5, 5.41) is 11.8. The molecular weight excluding hydrogens is 318 g/mol. The normalized spacial score (nSPS) is 26.2. The highest BCUT2D eigenvalue weighted by molar-refractivity contribution is 5.80. The predicted molar refractivity (Wildman–Crippen MR) is 82.7 cm³/mol. The Morgan fingerprint density at radius 3 is 2.67 bits per heavy atom. The zero-order valence-electron chi connectivity index (χ0n) is 13.2. The Kier molecular flexibility index (Phi) is 4.19. The van der Waals surface area contributed by atoms with Gasteiger partial charge in [0.1, 0.15) is 0 Å². The fraction of sp³-hybridized carbons (Fsp3) is 0.529. The Morgan fingerprint density at radius 2 is 2.04 bits per heavy atom. The third kappa shape index (κ3) is 2.83. The first kappa shape index (κ1) is 16.7. The minimum absolute atomic E-state index is 0.0876. The number of carbonyl (C=O) groups excluding carboxylic acids is 1. The van der Waals surface area contributed by atoms with E-state index in [9.17, 15) is 23.5 Å². The van der Waals surface area contributed by atoms with Crippen LogP contribution in [0.1, 0.15) is 24.8 Å². The monoisotopic (exact) mass is 338 g/mol. The molecule has 2 amide bonds. The molecule has 1 aliphatic heterocycles. The van der Waals surface area contributed by atoms with E-state index in [0.717, 1.165) is 12.8 Å². The van der Waals surface area contributed by atoms with Gasteiger partial charge in [0.15, 0.2) is 0 Å². The number of likely N-dealkylation sites (tertiary alicyclic amines) is 1. The standard InChI is InChI=1S/C17H20F2N2O3/c18-17(19,12-5-2-1-3-6-12)10-20-15(24)21-9-13-7-4-8-16(13,11-21)14(22)23/h1-3,5-6,13H,4,7-11H2,(H,20,24)(H,22,23)/t13-,16+/m0/s1. The average molecular weight is 338 g/mol. The molecule has 5 nitrogen and oxygen atoms in total. The van der Waals surface area contributed by atoms with Crippen molar-refractivity contribution in [1.29, 1.82) is 0 Å². The van der Waals surface area contributed by atoms with Crippen molar-refractivity contribution in [2.45, 2.75) is 25.2 Å². The van der Waals surface area contributed by atoms with Gasteiger partial charge in [0.2, 0.25) is 0 Å². The number of amides is 2. The number of carboxylic acid groups (broad SMARTS) is 1. The molecule has 1 saturated heterocycles. The Labute approximate surface area is 138 Å². The number of nitrogens with one attached hydrogen (secondary N) is 1. The van der Waals surface area contributed by atoms with Crippen molar-refractivity contribution < 1.29 is 23.5 Å². The molecule has 1 aromatic carbocycles. The zero-order valence-corrected chi connectivity index (χ0v) is 13.2. The summed E-state index contributed by atoms with van der Waals surface area (Å²) >= 11 is 0. The number of nitrogens with zero attached hydrogens (tertiary/aromatic N) is 1. The first-order valence-corrected chi connectivity index (χ1v) is 8.05. The average Bonchev–Trinajstić information content (AvgIpc) is 3.12. The molecule has 3 rings (SSSR count). The molecule has 0 radical (unpaired) electrons. The molecule has 0 aromatic heterocycles. The fourth-order valence-electron chi connectivity index (χ4n) is 3.88. The van der Waals surface area contributed by atoms with E-state index in [1.807, 2.05) is 0 Å². The number of fused-ring (bicyclic) bond motifs is 1. The second-order valence-electron chi connectivity index (χ2n) is 6.66. The smallest absolute Gasteiger partial charge is 0.317 e. The first-order valence-electron chi connectivity index (χ1n) is 8.05. The van der Waals surface area contributed by atoms with Crippen LogP contribution >= 0.6 is 0 Å². The molecule has 2 atom stereocenters. The maximum absolute atomic E-state index is 14.1. The zero-order chi connectivity index (χ0) is 17.4. The number of benzene rings is 1. The SMILES string of the molecule is O=C(NCC(F)(F)c1ccccc1)N1C[C@@H]2CCC[C@@]2(C(=O)O)C1. The summed E-state index contributed by atoms with van der Waals surface area (Å²) in [6.45, 7) is -0.401. The number of alkyl halides is 2. The maximum Gasteiger partial charge on any atom is 0.317 e. The van der Waals surface area contributed by atoms with Crippen molar-refractivity contribution in [3.63, 3.8) is 0 Å². The van der Waals surface area contributed by atoms with Crippen LogP contribution in [0.15, 0.2) is 30.3 Å². The maximum atomic E-state index is 14.1. The van der Waals surface area contributed by atoms with Crippen LogP contribution in [0.3, 0.4) is 0 Å². The summed E-state index contributed by atoms with van der Waals surface area (Å²) in [7, 11) is 0. The third-order valence-corrected chi connectivity index (χ3v) is 5.24. The highest BCUT2D eigenvalue weighted by Crippen LogP contribution is 2.48. The van der Waals surface area contributed by atoms with Gasteiger partial charge in [0.05, 0.1) is 12.0 Å². The lowest BCUT2D eigenvalue weighted by atomic mass is 9.81. The summed E-state index contributed by atoms with van der Waals surface area (Å²) in [5.41, 5.74) is -1.06.